The third kappa shape index (κ3) is 4.93. The molecule has 6 nitrogen and oxygen atoms in total. The van der Waals surface area contributed by atoms with Gasteiger partial charge in [-0.15, -0.1) is 0 Å². The van der Waals surface area contributed by atoms with Gasteiger partial charge in [0, 0.05) is 18.7 Å². The lowest BCUT2D eigenvalue weighted by molar-refractivity contribution is -0.135. The molecule has 8 heteroatoms. The van der Waals surface area contributed by atoms with Crippen molar-refractivity contribution in [1.29, 1.82) is 0 Å². The summed E-state index contributed by atoms with van der Waals surface area (Å²) in [5.74, 6) is -0.475. The average molecular weight is 491 g/mol. The number of fused-ring (bicyclic) bond motifs is 1. The van der Waals surface area contributed by atoms with E-state index in [1.54, 1.807) is 23.1 Å². The summed E-state index contributed by atoms with van der Waals surface area (Å²) in [6.07, 6.45) is 3.54. The van der Waals surface area contributed by atoms with Gasteiger partial charge in [0.2, 0.25) is 5.91 Å². The van der Waals surface area contributed by atoms with Crippen LogP contribution < -0.4 is 4.74 Å². The van der Waals surface area contributed by atoms with Gasteiger partial charge in [0.25, 0.3) is 11.1 Å². The summed E-state index contributed by atoms with van der Waals surface area (Å²) in [7, 11) is 0. The summed E-state index contributed by atoms with van der Waals surface area (Å²) in [5.41, 5.74) is 1.47. The molecule has 5 rings (SSSR count). The maximum absolute atomic E-state index is 13.2. The molecule has 2 aliphatic heterocycles. The average Bonchev–Trinajstić information content (AvgIpc) is 3.49. The van der Waals surface area contributed by atoms with Crippen LogP contribution in [0.3, 0.4) is 0 Å². The summed E-state index contributed by atoms with van der Waals surface area (Å²) in [4.78, 5) is 41.2. The SMILES string of the molecule is O=C(CN1C(=O)SC(=Cc2c(OCc3ccc(F)cc3)ccc3ccccc23)C1=O)N1CCCC1. The minimum Gasteiger partial charge on any atom is -0.488 e. The molecule has 3 aromatic rings. The second kappa shape index (κ2) is 9.92. The van der Waals surface area contributed by atoms with Crippen molar-refractivity contribution in [1.82, 2.24) is 9.80 Å². The Morgan fingerprint density at radius 2 is 1.74 bits per heavy atom. The first-order chi connectivity index (χ1) is 17.0. The van der Waals surface area contributed by atoms with Gasteiger partial charge in [-0.1, -0.05) is 42.5 Å². The standard InChI is InChI=1S/C27H23FN2O4S/c28-20-10-7-18(8-11-20)17-34-23-12-9-19-5-1-2-6-21(19)22(23)15-24-26(32)30(27(33)35-24)16-25(31)29-13-3-4-14-29/h1-2,5-12,15H,3-4,13-14,16-17H2. The number of nitrogens with zero attached hydrogens (tertiary/aromatic N) is 2. The van der Waals surface area contributed by atoms with Gasteiger partial charge in [-0.05, 0) is 65.2 Å². The summed E-state index contributed by atoms with van der Waals surface area (Å²) in [5, 5.41) is 1.36. The molecule has 0 aliphatic carbocycles. The third-order valence-corrected chi connectivity index (χ3v) is 7.05. The van der Waals surface area contributed by atoms with E-state index in [0.717, 1.165) is 45.8 Å². The Kier molecular flexibility index (Phi) is 6.55. The number of likely N-dealkylation sites (tertiary alicyclic amines) is 1. The van der Waals surface area contributed by atoms with Crippen LogP contribution in [-0.2, 0) is 16.2 Å². The number of ether oxygens (including phenoxy) is 1. The molecule has 3 aromatic carbocycles. The van der Waals surface area contributed by atoms with Crippen molar-refractivity contribution in [3.05, 3.63) is 82.5 Å². The van der Waals surface area contributed by atoms with Gasteiger partial charge >= 0.3 is 0 Å². The molecule has 2 fully saturated rings. The van der Waals surface area contributed by atoms with E-state index in [-0.39, 0.29) is 29.8 Å². The molecule has 35 heavy (non-hydrogen) atoms. The molecule has 0 saturated carbocycles. The van der Waals surface area contributed by atoms with Crippen LogP contribution in [0.2, 0.25) is 0 Å². The van der Waals surface area contributed by atoms with Crippen LogP contribution >= 0.6 is 11.8 Å². The number of imide groups is 1. The van der Waals surface area contributed by atoms with Crippen LogP contribution in [0.15, 0.2) is 65.6 Å². The quantitative estimate of drug-likeness (QED) is 0.444. The number of carbonyl (C=O) groups is 3. The Hall–Kier alpha value is -3.65. The molecular formula is C27H23FN2O4S. The van der Waals surface area contributed by atoms with Gasteiger partial charge in [0.15, 0.2) is 0 Å². The summed E-state index contributed by atoms with van der Waals surface area (Å²) >= 11 is 0.825. The number of halogens is 1. The number of hydrogen-bond donors (Lipinski definition) is 0. The fourth-order valence-corrected chi connectivity index (χ4v) is 5.08. The molecule has 3 amide bonds. The van der Waals surface area contributed by atoms with Crippen molar-refractivity contribution in [3.8, 4) is 5.75 Å². The normalized spacial score (nSPS) is 17.1. The van der Waals surface area contributed by atoms with Crippen molar-refractivity contribution in [2.24, 2.45) is 0 Å². The molecule has 0 radical (unpaired) electrons. The van der Waals surface area contributed by atoms with Crippen molar-refractivity contribution in [2.45, 2.75) is 19.4 Å². The second-order valence-corrected chi connectivity index (χ2v) is 9.46. The lowest BCUT2D eigenvalue weighted by Gasteiger charge is -2.18. The Morgan fingerprint density at radius 1 is 1.00 bits per heavy atom. The lowest BCUT2D eigenvalue weighted by Crippen LogP contribution is -2.40. The first kappa shape index (κ1) is 23.1. The predicted molar refractivity (Wildman–Crippen MR) is 133 cm³/mol. The molecule has 0 unspecified atom stereocenters. The van der Waals surface area contributed by atoms with E-state index in [1.165, 1.54) is 12.1 Å². The summed E-state index contributed by atoms with van der Waals surface area (Å²) in [6, 6.07) is 17.5. The van der Waals surface area contributed by atoms with E-state index < -0.39 is 11.1 Å². The van der Waals surface area contributed by atoms with E-state index >= 15 is 0 Å². The van der Waals surface area contributed by atoms with E-state index in [1.807, 2.05) is 36.4 Å². The fourth-order valence-electron chi connectivity index (χ4n) is 4.26. The van der Waals surface area contributed by atoms with Crippen molar-refractivity contribution < 1.29 is 23.5 Å². The van der Waals surface area contributed by atoms with Crippen LogP contribution in [-0.4, -0.2) is 46.5 Å². The van der Waals surface area contributed by atoms with Crippen LogP contribution in [0, 0.1) is 5.82 Å². The van der Waals surface area contributed by atoms with E-state index in [4.69, 9.17) is 4.74 Å². The molecular weight excluding hydrogens is 467 g/mol. The van der Waals surface area contributed by atoms with Crippen LogP contribution in [0.4, 0.5) is 9.18 Å². The number of amides is 3. The number of thioether (sulfide) groups is 1. The van der Waals surface area contributed by atoms with Gasteiger partial charge in [-0.3, -0.25) is 19.3 Å². The molecule has 0 bridgehead atoms. The Bertz CT molecular complexity index is 1330. The highest BCUT2D eigenvalue weighted by atomic mass is 32.2. The molecule has 0 spiro atoms. The molecule has 0 aromatic heterocycles. The Labute approximate surface area is 206 Å². The molecule has 2 aliphatic rings. The first-order valence-electron chi connectivity index (χ1n) is 11.4. The monoisotopic (exact) mass is 490 g/mol. The minimum atomic E-state index is -0.482. The minimum absolute atomic E-state index is 0.209. The molecule has 0 atom stereocenters. The highest BCUT2D eigenvalue weighted by molar-refractivity contribution is 8.18. The molecule has 0 N–H and O–H groups in total. The number of rotatable bonds is 6. The number of hydrogen-bond acceptors (Lipinski definition) is 5. The maximum Gasteiger partial charge on any atom is 0.294 e. The predicted octanol–water partition coefficient (Wildman–Crippen LogP) is 5.22. The smallest absolute Gasteiger partial charge is 0.294 e. The van der Waals surface area contributed by atoms with Gasteiger partial charge in [-0.2, -0.15) is 0 Å². The zero-order chi connectivity index (χ0) is 24.4. The van der Waals surface area contributed by atoms with Crippen molar-refractivity contribution in [2.75, 3.05) is 19.6 Å². The fraction of sp³-hybridized carbons (Fsp3) is 0.222. The van der Waals surface area contributed by atoms with Crippen LogP contribution in [0.5, 0.6) is 5.75 Å². The number of carbonyl (C=O) groups excluding carboxylic acids is 3. The third-order valence-electron chi connectivity index (χ3n) is 6.14. The van der Waals surface area contributed by atoms with Gasteiger partial charge in [0.1, 0.15) is 24.7 Å². The lowest BCUT2D eigenvalue weighted by atomic mass is 10.0. The maximum atomic E-state index is 13.2. The van der Waals surface area contributed by atoms with E-state index in [2.05, 4.69) is 0 Å². The van der Waals surface area contributed by atoms with Gasteiger partial charge in [-0.25, -0.2) is 4.39 Å². The Balaban J connectivity index is 1.43. The summed E-state index contributed by atoms with van der Waals surface area (Å²) in [6.45, 7) is 1.29. The second-order valence-electron chi connectivity index (χ2n) is 8.47. The first-order valence-corrected chi connectivity index (χ1v) is 12.2. The zero-order valence-electron chi connectivity index (χ0n) is 18.9. The van der Waals surface area contributed by atoms with Gasteiger partial charge in [0.05, 0.1) is 4.91 Å². The van der Waals surface area contributed by atoms with Crippen LogP contribution in [0.1, 0.15) is 24.0 Å². The Morgan fingerprint density at radius 3 is 2.51 bits per heavy atom. The molecule has 2 saturated heterocycles. The van der Waals surface area contributed by atoms with Crippen molar-refractivity contribution in [3.63, 3.8) is 0 Å². The van der Waals surface area contributed by atoms with Crippen LogP contribution in [0.25, 0.3) is 16.8 Å². The highest BCUT2D eigenvalue weighted by Gasteiger charge is 2.37. The van der Waals surface area contributed by atoms with Gasteiger partial charge < -0.3 is 9.64 Å². The van der Waals surface area contributed by atoms with E-state index in [0.29, 0.717) is 24.4 Å². The molecule has 178 valence electrons. The number of benzene rings is 3. The molecule has 2 heterocycles. The topological polar surface area (TPSA) is 66.9 Å². The zero-order valence-corrected chi connectivity index (χ0v) is 19.7. The van der Waals surface area contributed by atoms with E-state index in [9.17, 15) is 18.8 Å². The summed E-state index contributed by atoms with van der Waals surface area (Å²) < 4.78 is 19.3. The highest BCUT2D eigenvalue weighted by Crippen LogP contribution is 2.37. The largest absolute Gasteiger partial charge is 0.488 e. The van der Waals surface area contributed by atoms with Crippen molar-refractivity contribution >= 4 is 45.7 Å².